The molecule has 0 aliphatic rings. The predicted molar refractivity (Wildman–Crippen MR) is 82.1 cm³/mol. The smallest absolute Gasteiger partial charge is 0.246 e. The van der Waals surface area contributed by atoms with Crippen LogP contribution in [0.15, 0.2) is 30.5 Å². The van der Waals surface area contributed by atoms with Gasteiger partial charge in [-0.2, -0.15) is 0 Å². The van der Waals surface area contributed by atoms with Crippen molar-refractivity contribution in [3.63, 3.8) is 0 Å². The Balaban J connectivity index is 1.78. The number of rotatable bonds is 3. The molecule has 3 aromatic rings. The van der Waals surface area contributed by atoms with Gasteiger partial charge in [-0.1, -0.05) is 0 Å². The number of benzene rings is 1. The number of amides is 1. The van der Waals surface area contributed by atoms with Crippen LogP contribution in [0, 0.1) is 19.7 Å². The van der Waals surface area contributed by atoms with Crippen LogP contribution in [0.1, 0.15) is 10.6 Å². The van der Waals surface area contributed by atoms with E-state index in [4.69, 9.17) is 0 Å². The number of halogens is 1. The molecular weight excluding hydrogens is 289 g/mol. The Morgan fingerprint density at radius 1 is 1.38 bits per heavy atom. The van der Waals surface area contributed by atoms with Gasteiger partial charge in [0, 0.05) is 11.1 Å². The van der Waals surface area contributed by atoms with Crippen molar-refractivity contribution in [1.82, 2.24) is 9.55 Å². The van der Waals surface area contributed by atoms with Gasteiger partial charge in [0.1, 0.15) is 12.4 Å². The van der Waals surface area contributed by atoms with E-state index >= 15 is 0 Å². The number of fused-ring (bicyclic) bond motifs is 1. The van der Waals surface area contributed by atoms with E-state index in [-0.39, 0.29) is 18.3 Å². The monoisotopic (exact) mass is 303 g/mol. The normalized spacial score (nSPS) is 11.0. The Bertz CT molecular complexity index is 802. The molecule has 2 aromatic heterocycles. The van der Waals surface area contributed by atoms with Crippen LogP contribution >= 0.6 is 11.3 Å². The number of hydrogen-bond donors (Lipinski definition) is 1. The van der Waals surface area contributed by atoms with Gasteiger partial charge in [-0.15, -0.1) is 11.3 Å². The first-order chi connectivity index (χ1) is 10.0. The first-order valence-corrected chi connectivity index (χ1v) is 7.33. The zero-order valence-corrected chi connectivity index (χ0v) is 12.5. The fourth-order valence-electron chi connectivity index (χ4n) is 2.13. The van der Waals surface area contributed by atoms with Crippen LogP contribution < -0.4 is 5.32 Å². The average molecular weight is 303 g/mol. The first kappa shape index (κ1) is 13.8. The van der Waals surface area contributed by atoms with Crippen molar-refractivity contribution in [3.8, 4) is 0 Å². The first-order valence-electron chi connectivity index (χ1n) is 6.51. The van der Waals surface area contributed by atoms with E-state index in [0.29, 0.717) is 10.6 Å². The lowest BCUT2D eigenvalue weighted by Gasteiger charge is -2.05. The van der Waals surface area contributed by atoms with Gasteiger partial charge in [-0.25, -0.2) is 9.37 Å². The minimum atomic E-state index is -0.311. The third kappa shape index (κ3) is 2.80. The second-order valence-electron chi connectivity index (χ2n) is 4.86. The molecule has 108 valence electrons. The molecule has 0 aliphatic carbocycles. The van der Waals surface area contributed by atoms with Gasteiger partial charge in [-0.05, 0) is 43.5 Å². The van der Waals surface area contributed by atoms with Crippen molar-refractivity contribution < 1.29 is 9.18 Å². The minimum Gasteiger partial charge on any atom is -0.338 e. The zero-order chi connectivity index (χ0) is 15.0. The number of aromatic nitrogens is 2. The van der Waals surface area contributed by atoms with Crippen molar-refractivity contribution >= 4 is 33.3 Å². The Hall–Kier alpha value is -2.21. The molecule has 0 saturated heterocycles. The molecule has 4 nitrogen and oxygen atoms in total. The summed E-state index contributed by atoms with van der Waals surface area (Å²) in [6.07, 6.45) is 1.78. The molecule has 0 fully saturated rings. The molecule has 0 radical (unpaired) electrons. The highest BCUT2D eigenvalue weighted by atomic mass is 32.1. The molecule has 0 spiro atoms. The van der Waals surface area contributed by atoms with E-state index < -0.39 is 0 Å². The summed E-state index contributed by atoms with van der Waals surface area (Å²) >= 11 is 1.45. The summed E-state index contributed by atoms with van der Waals surface area (Å²) in [5.41, 5.74) is 1.63. The summed E-state index contributed by atoms with van der Waals surface area (Å²) in [4.78, 5) is 17.4. The standard InChI is InChI=1S/C15H14FN3OS/c1-9-10(2)21-15(17-9)18-14(20)8-19-6-5-11-3-4-12(16)7-13(11)19/h3-7H,8H2,1-2H3,(H,17,18,20). The molecule has 1 N–H and O–H groups in total. The Morgan fingerprint density at radius 3 is 2.90 bits per heavy atom. The molecule has 1 aromatic carbocycles. The van der Waals surface area contributed by atoms with Crippen LogP contribution in [0.5, 0.6) is 0 Å². The van der Waals surface area contributed by atoms with Crippen LogP contribution in [-0.2, 0) is 11.3 Å². The number of nitrogens with one attached hydrogen (secondary N) is 1. The number of carbonyl (C=O) groups excluding carboxylic acids is 1. The van der Waals surface area contributed by atoms with Crippen molar-refractivity contribution in [1.29, 1.82) is 0 Å². The highest BCUT2D eigenvalue weighted by molar-refractivity contribution is 7.15. The highest BCUT2D eigenvalue weighted by Gasteiger charge is 2.10. The fraction of sp³-hybridized carbons (Fsp3) is 0.200. The van der Waals surface area contributed by atoms with E-state index in [1.54, 1.807) is 16.8 Å². The topological polar surface area (TPSA) is 46.9 Å². The van der Waals surface area contributed by atoms with Crippen molar-refractivity contribution in [2.75, 3.05) is 5.32 Å². The Morgan fingerprint density at radius 2 is 2.19 bits per heavy atom. The summed E-state index contributed by atoms with van der Waals surface area (Å²) in [5, 5.41) is 4.28. The van der Waals surface area contributed by atoms with Gasteiger partial charge < -0.3 is 9.88 Å². The Kier molecular flexibility index (Phi) is 3.47. The molecule has 2 heterocycles. The lowest BCUT2D eigenvalue weighted by atomic mass is 10.2. The van der Waals surface area contributed by atoms with Gasteiger partial charge in [0.2, 0.25) is 5.91 Å². The number of anilines is 1. The van der Waals surface area contributed by atoms with Crippen LogP contribution in [0.25, 0.3) is 10.9 Å². The third-order valence-electron chi connectivity index (χ3n) is 3.32. The van der Waals surface area contributed by atoms with Crippen molar-refractivity contribution in [2.45, 2.75) is 20.4 Å². The zero-order valence-electron chi connectivity index (χ0n) is 11.7. The van der Waals surface area contributed by atoms with Gasteiger partial charge in [0.15, 0.2) is 5.13 Å². The number of aryl methyl sites for hydroxylation is 2. The largest absolute Gasteiger partial charge is 0.338 e. The van der Waals surface area contributed by atoms with E-state index in [9.17, 15) is 9.18 Å². The lowest BCUT2D eigenvalue weighted by molar-refractivity contribution is -0.116. The van der Waals surface area contributed by atoms with Crippen LogP contribution in [0.2, 0.25) is 0 Å². The van der Waals surface area contributed by atoms with Crippen LogP contribution in [0.4, 0.5) is 9.52 Å². The molecular formula is C15H14FN3OS. The van der Waals surface area contributed by atoms with E-state index in [1.165, 1.54) is 23.5 Å². The summed E-state index contributed by atoms with van der Waals surface area (Å²) in [6.45, 7) is 4.00. The molecule has 21 heavy (non-hydrogen) atoms. The molecule has 0 unspecified atom stereocenters. The number of nitrogens with zero attached hydrogens (tertiary/aromatic N) is 2. The second kappa shape index (κ2) is 5.29. The summed E-state index contributed by atoms with van der Waals surface area (Å²) in [5.74, 6) is -0.487. The van der Waals surface area contributed by atoms with Gasteiger partial charge in [0.05, 0.1) is 11.2 Å². The molecule has 1 amide bonds. The SMILES string of the molecule is Cc1nc(NC(=O)Cn2ccc3ccc(F)cc32)sc1C. The van der Waals surface area contributed by atoms with E-state index in [0.717, 1.165) is 16.0 Å². The minimum absolute atomic E-state index is 0.130. The number of carbonyl (C=O) groups is 1. The molecule has 0 atom stereocenters. The van der Waals surface area contributed by atoms with Gasteiger partial charge >= 0.3 is 0 Å². The number of thiazole rings is 1. The maximum atomic E-state index is 13.3. The van der Waals surface area contributed by atoms with Crippen LogP contribution in [-0.4, -0.2) is 15.5 Å². The highest BCUT2D eigenvalue weighted by Crippen LogP contribution is 2.21. The summed E-state index contributed by atoms with van der Waals surface area (Å²) in [7, 11) is 0. The summed E-state index contributed by atoms with van der Waals surface area (Å²) < 4.78 is 15.0. The second-order valence-corrected chi connectivity index (χ2v) is 6.06. The van der Waals surface area contributed by atoms with E-state index in [1.807, 2.05) is 19.9 Å². The fourth-order valence-corrected chi connectivity index (χ4v) is 2.97. The van der Waals surface area contributed by atoms with Gasteiger partial charge in [-0.3, -0.25) is 4.79 Å². The van der Waals surface area contributed by atoms with Crippen LogP contribution in [0.3, 0.4) is 0 Å². The quantitative estimate of drug-likeness (QED) is 0.805. The third-order valence-corrected chi connectivity index (χ3v) is 4.31. The summed E-state index contributed by atoms with van der Waals surface area (Å²) in [6, 6.07) is 6.40. The molecule has 0 aliphatic heterocycles. The molecule has 6 heteroatoms. The predicted octanol–water partition coefficient (Wildman–Crippen LogP) is 3.49. The van der Waals surface area contributed by atoms with Gasteiger partial charge in [0.25, 0.3) is 0 Å². The maximum absolute atomic E-state index is 13.3. The average Bonchev–Trinajstić information content (AvgIpc) is 2.94. The van der Waals surface area contributed by atoms with E-state index in [2.05, 4.69) is 10.3 Å². The maximum Gasteiger partial charge on any atom is 0.246 e. The van der Waals surface area contributed by atoms with Crippen molar-refractivity contribution in [3.05, 3.63) is 46.9 Å². The lowest BCUT2D eigenvalue weighted by Crippen LogP contribution is -2.18. The van der Waals surface area contributed by atoms with Crippen molar-refractivity contribution in [2.24, 2.45) is 0 Å². The molecule has 0 saturated carbocycles. The number of hydrogen-bond acceptors (Lipinski definition) is 3. The molecule has 3 rings (SSSR count). The Labute approximate surface area is 125 Å². The molecule has 0 bridgehead atoms.